The Morgan fingerprint density at radius 3 is 2.75 bits per heavy atom. The van der Waals surface area contributed by atoms with Crippen molar-refractivity contribution in [3.05, 3.63) is 34.7 Å². The molecule has 0 aliphatic carbocycles. The lowest BCUT2D eigenvalue weighted by Gasteiger charge is -2.05. The minimum Gasteiger partial charge on any atom is -0.372 e. The highest BCUT2D eigenvalue weighted by Gasteiger charge is 2.08. The van der Waals surface area contributed by atoms with Crippen molar-refractivity contribution in [1.29, 1.82) is 5.26 Å². The van der Waals surface area contributed by atoms with Gasteiger partial charge in [-0.3, -0.25) is 0 Å². The summed E-state index contributed by atoms with van der Waals surface area (Å²) in [6, 6.07) is 7.87. The van der Waals surface area contributed by atoms with Crippen molar-refractivity contribution in [2.75, 3.05) is 12.4 Å². The van der Waals surface area contributed by atoms with Crippen LogP contribution in [0.3, 0.4) is 0 Å². The molecule has 0 saturated carbocycles. The molecule has 2 rings (SSSR count). The first-order valence-corrected chi connectivity index (χ1v) is 5.77. The van der Waals surface area contributed by atoms with E-state index in [1.165, 1.54) is 5.56 Å². The van der Waals surface area contributed by atoms with E-state index in [4.69, 9.17) is 5.26 Å². The number of anilines is 1. The zero-order chi connectivity index (χ0) is 11.5. The van der Waals surface area contributed by atoms with Gasteiger partial charge in [0.25, 0.3) is 0 Å². The van der Waals surface area contributed by atoms with E-state index in [0.29, 0.717) is 11.4 Å². The third-order valence-corrected chi connectivity index (χ3v) is 3.39. The van der Waals surface area contributed by atoms with Crippen molar-refractivity contribution in [2.45, 2.75) is 6.92 Å². The summed E-state index contributed by atoms with van der Waals surface area (Å²) in [6.45, 7) is 2.06. The van der Waals surface area contributed by atoms with Crippen molar-refractivity contribution in [2.24, 2.45) is 0 Å². The van der Waals surface area contributed by atoms with E-state index >= 15 is 0 Å². The Labute approximate surface area is 98.4 Å². The number of nitrogens with one attached hydrogen (secondary N) is 1. The topological polar surface area (TPSA) is 48.7 Å². The Balaban J connectivity index is 2.53. The number of nitriles is 1. The van der Waals surface area contributed by atoms with Crippen LogP contribution < -0.4 is 5.32 Å². The van der Waals surface area contributed by atoms with Gasteiger partial charge < -0.3 is 5.32 Å². The molecular formula is C12H11N3S. The van der Waals surface area contributed by atoms with Crippen molar-refractivity contribution in [3.63, 3.8) is 0 Å². The van der Waals surface area contributed by atoms with Crippen LogP contribution in [0.1, 0.15) is 11.1 Å². The highest BCUT2D eigenvalue weighted by atomic mass is 32.1. The molecule has 2 aromatic heterocycles. The maximum atomic E-state index is 8.90. The number of rotatable bonds is 2. The summed E-state index contributed by atoms with van der Waals surface area (Å²) in [5, 5.41) is 13.9. The number of hydrogen-bond donors (Lipinski definition) is 1. The SMILES string of the molecule is CNc1nc(-c2sccc2C)ccc1C#N. The van der Waals surface area contributed by atoms with Crippen LogP contribution in [-0.2, 0) is 0 Å². The molecular weight excluding hydrogens is 218 g/mol. The summed E-state index contributed by atoms with van der Waals surface area (Å²) < 4.78 is 0. The Morgan fingerprint density at radius 2 is 2.19 bits per heavy atom. The highest BCUT2D eigenvalue weighted by Crippen LogP contribution is 2.29. The third kappa shape index (κ3) is 1.77. The predicted octanol–water partition coefficient (Wildman–Crippen LogP) is 3.03. The van der Waals surface area contributed by atoms with Gasteiger partial charge in [0.05, 0.1) is 16.1 Å². The average molecular weight is 229 g/mol. The standard InChI is InChI=1S/C12H11N3S/c1-8-5-6-16-11(8)10-4-3-9(7-13)12(14-2)15-10/h3-6H,1-2H3,(H,14,15). The highest BCUT2D eigenvalue weighted by molar-refractivity contribution is 7.13. The van der Waals surface area contributed by atoms with Crippen LogP contribution in [-0.4, -0.2) is 12.0 Å². The van der Waals surface area contributed by atoms with Gasteiger partial charge in [0.1, 0.15) is 11.9 Å². The molecule has 16 heavy (non-hydrogen) atoms. The summed E-state index contributed by atoms with van der Waals surface area (Å²) in [6.07, 6.45) is 0. The quantitative estimate of drug-likeness (QED) is 0.861. The molecule has 0 aliphatic rings. The lowest BCUT2D eigenvalue weighted by atomic mass is 10.2. The molecule has 0 spiro atoms. The van der Waals surface area contributed by atoms with Crippen LogP contribution in [0, 0.1) is 18.3 Å². The van der Waals surface area contributed by atoms with E-state index in [2.05, 4.69) is 29.4 Å². The van der Waals surface area contributed by atoms with Gasteiger partial charge in [-0.25, -0.2) is 4.98 Å². The Hall–Kier alpha value is -1.86. The number of nitrogens with zero attached hydrogens (tertiary/aromatic N) is 2. The zero-order valence-electron chi connectivity index (χ0n) is 9.11. The summed E-state index contributed by atoms with van der Waals surface area (Å²) in [7, 11) is 1.77. The zero-order valence-corrected chi connectivity index (χ0v) is 9.93. The molecule has 4 heteroatoms. The predicted molar refractivity (Wildman–Crippen MR) is 66.5 cm³/mol. The summed E-state index contributed by atoms with van der Waals surface area (Å²) in [4.78, 5) is 5.60. The molecule has 0 bridgehead atoms. The van der Waals surface area contributed by atoms with E-state index in [-0.39, 0.29) is 0 Å². The van der Waals surface area contributed by atoms with Crippen molar-refractivity contribution >= 4 is 17.2 Å². The largest absolute Gasteiger partial charge is 0.372 e. The fraction of sp³-hybridized carbons (Fsp3) is 0.167. The van der Waals surface area contributed by atoms with E-state index < -0.39 is 0 Å². The maximum Gasteiger partial charge on any atom is 0.144 e. The Kier molecular flexibility index (Phi) is 2.88. The second-order valence-corrected chi connectivity index (χ2v) is 4.30. The fourth-order valence-electron chi connectivity index (χ4n) is 1.50. The first-order valence-electron chi connectivity index (χ1n) is 4.89. The first kappa shape index (κ1) is 10.7. The molecule has 2 aromatic rings. The van der Waals surface area contributed by atoms with E-state index in [1.54, 1.807) is 24.5 Å². The normalized spacial score (nSPS) is 9.81. The minimum absolute atomic E-state index is 0.570. The Bertz CT molecular complexity index is 552. The molecule has 0 radical (unpaired) electrons. The lowest BCUT2D eigenvalue weighted by Crippen LogP contribution is -1.97. The van der Waals surface area contributed by atoms with Gasteiger partial charge in [0.2, 0.25) is 0 Å². The van der Waals surface area contributed by atoms with Gasteiger partial charge in [-0.2, -0.15) is 5.26 Å². The number of aromatic nitrogens is 1. The molecule has 1 N–H and O–H groups in total. The molecule has 0 aliphatic heterocycles. The number of pyridine rings is 1. The fourth-order valence-corrected chi connectivity index (χ4v) is 2.40. The number of hydrogen-bond acceptors (Lipinski definition) is 4. The van der Waals surface area contributed by atoms with Gasteiger partial charge in [-0.1, -0.05) is 0 Å². The molecule has 80 valence electrons. The average Bonchev–Trinajstić information content (AvgIpc) is 2.74. The molecule has 2 heterocycles. The van der Waals surface area contributed by atoms with Crippen molar-refractivity contribution in [1.82, 2.24) is 4.98 Å². The van der Waals surface area contributed by atoms with Gasteiger partial charge in [-0.15, -0.1) is 11.3 Å². The van der Waals surface area contributed by atoms with Crippen molar-refractivity contribution < 1.29 is 0 Å². The molecule has 0 saturated heterocycles. The minimum atomic E-state index is 0.570. The second-order valence-electron chi connectivity index (χ2n) is 3.39. The van der Waals surface area contributed by atoms with Crippen LogP contribution in [0.15, 0.2) is 23.6 Å². The molecule has 0 amide bonds. The van der Waals surface area contributed by atoms with E-state index in [9.17, 15) is 0 Å². The van der Waals surface area contributed by atoms with Gasteiger partial charge in [0, 0.05) is 7.05 Å². The van der Waals surface area contributed by atoms with E-state index in [1.807, 2.05) is 11.4 Å². The van der Waals surface area contributed by atoms with Crippen LogP contribution >= 0.6 is 11.3 Å². The summed E-state index contributed by atoms with van der Waals surface area (Å²) in [5.74, 6) is 0.632. The van der Waals surface area contributed by atoms with Crippen LogP contribution in [0.25, 0.3) is 10.6 Å². The molecule has 0 atom stereocenters. The molecule has 3 nitrogen and oxygen atoms in total. The molecule has 0 aromatic carbocycles. The summed E-state index contributed by atoms with van der Waals surface area (Å²) in [5.41, 5.74) is 2.69. The third-order valence-electron chi connectivity index (χ3n) is 2.35. The van der Waals surface area contributed by atoms with Crippen LogP contribution in [0.2, 0.25) is 0 Å². The smallest absolute Gasteiger partial charge is 0.144 e. The van der Waals surface area contributed by atoms with Crippen molar-refractivity contribution in [3.8, 4) is 16.6 Å². The van der Waals surface area contributed by atoms with Crippen LogP contribution in [0.5, 0.6) is 0 Å². The van der Waals surface area contributed by atoms with Crippen LogP contribution in [0.4, 0.5) is 5.82 Å². The molecule has 0 fully saturated rings. The maximum absolute atomic E-state index is 8.90. The second kappa shape index (κ2) is 4.33. The van der Waals surface area contributed by atoms with Gasteiger partial charge >= 0.3 is 0 Å². The molecule has 0 unspecified atom stereocenters. The van der Waals surface area contributed by atoms with Gasteiger partial charge in [0.15, 0.2) is 0 Å². The number of aryl methyl sites for hydroxylation is 1. The first-order chi connectivity index (χ1) is 7.76. The number of thiophene rings is 1. The Morgan fingerprint density at radius 1 is 1.38 bits per heavy atom. The van der Waals surface area contributed by atoms with Gasteiger partial charge in [-0.05, 0) is 36.1 Å². The lowest BCUT2D eigenvalue weighted by molar-refractivity contribution is 1.27. The monoisotopic (exact) mass is 229 g/mol. The summed E-state index contributed by atoms with van der Waals surface area (Å²) >= 11 is 1.66. The van der Waals surface area contributed by atoms with E-state index in [0.717, 1.165) is 10.6 Å².